The molecule has 20 heavy (non-hydrogen) atoms. The van der Waals surface area contributed by atoms with E-state index in [4.69, 9.17) is 0 Å². The van der Waals surface area contributed by atoms with Gasteiger partial charge in [-0.15, -0.1) is 0 Å². The third-order valence-corrected chi connectivity index (χ3v) is 2.47. The second-order valence-corrected chi connectivity index (χ2v) is 3.90. The number of alkyl halides is 5. The van der Waals surface area contributed by atoms with Gasteiger partial charge in [0.1, 0.15) is 0 Å². The molecule has 0 aromatic heterocycles. The third kappa shape index (κ3) is 3.00. The fraction of sp³-hybridized carbons (Fsp3) is 0.800. The first kappa shape index (κ1) is 18.6. The largest absolute Gasteiger partial charge is 0.466 e. The number of hydrogen-bond acceptors (Lipinski definition) is 5. The Hall–Kier alpha value is -1.45. The molecule has 0 aliphatic heterocycles. The first-order chi connectivity index (χ1) is 8.86. The Balaban J connectivity index is 5.77. The molecule has 0 aromatic rings. The van der Waals surface area contributed by atoms with Gasteiger partial charge < -0.3 is 14.6 Å². The van der Waals surface area contributed by atoms with Gasteiger partial charge in [0, 0.05) is 0 Å². The molecule has 0 fully saturated rings. The lowest BCUT2D eigenvalue weighted by atomic mass is 9.95. The van der Waals surface area contributed by atoms with Gasteiger partial charge >= 0.3 is 29.6 Å². The lowest BCUT2D eigenvalue weighted by Crippen LogP contribution is -2.67. The maximum absolute atomic E-state index is 13.2. The van der Waals surface area contributed by atoms with Crippen molar-refractivity contribution in [3.63, 3.8) is 0 Å². The van der Waals surface area contributed by atoms with Gasteiger partial charge in [-0.2, -0.15) is 22.0 Å². The lowest BCUT2D eigenvalue weighted by molar-refractivity contribution is -0.333. The molecule has 0 spiro atoms. The molecule has 0 aliphatic rings. The summed E-state index contributed by atoms with van der Waals surface area (Å²) in [6.07, 6.45) is -7.37. The van der Waals surface area contributed by atoms with Crippen molar-refractivity contribution in [1.29, 1.82) is 0 Å². The summed E-state index contributed by atoms with van der Waals surface area (Å²) >= 11 is 0. The molecule has 0 heterocycles. The summed E-state index contributed by atoms with van der Waals surface area (Å²) in [5, 5.41) is 9.34. The predicted molar refractivity (Wildman–Crippen MR) is 53.8 cm³/mol. The van der Waals surface area contributed by atoms with Crippen molar-refractivity contribution in [2.45, 2.75) is 44.1 Å². The molecular formula is C10H13F5O5. The second kappa shape index (κ2) is 5.90. The van der Waals surface area contributed by atoms with E-state index < -0.39 is 35.7 Å². The SMILES string of the molecule is CCC(C)OC(=O)C(O)(C(=O)OC)C(F)(F)C(F)(F)F. The summed E-state index contributed by atoms with van der Waals surface area (Å²) < 4.78 is 71.2. The standard InChI is InChI=1S/C10H13F5O5/c1-4-5(2)20-7(17)8(18,6(16)19-3)9(11,12)10(13,14)15/h5,18H,4H2,1-3H3. The topological polar surface area (TPSA) is 72.8 Å². The van der Waals surface area contributed by atoms with Crippen LogP contribution in [-0.4, -0.2) is 48.0 Å². The van der Waals surface area contributed by atoms with Gasteiger partial charge in [0.05, 0.1) is 13.2 Å². The van der Waals surface area contributed by atoms with Crippen LogP contribution in [0.1, 0.15) is 20.3 Å². The Labute approximate surface area is 110 Å². The molecule has 0 aliphatic carbocycles. The highest BCUT2D eigenvalue weighted by atomic mass is 19.4. The van der Waals surface area contributed by atoms with E-state index >= 15 is 0 Å². The molecule has 2 atom stereocenters. The van der Waals surface area contributed by atoms with E-state index in [1.165, 1.54) is 13.8 Å². The van der Waals surface area contributed by atoms with Crippen LogP contribution in [0.3, 0.4) is 0 Å². The fourth-order valence-electron chi connectivity index (χ4n) is 1.04. The van der Waals surface area contributed by atoms with Crippen LogP contribution in [0.15, 0.2) is 0 Å². The monoisotopic (exact) mass is 308 g/mol. The number of aliphatic hydroxyl groups is 1. The van der Waals surface area contributed by atoms with Crippen LogP contribution in [0.5, 0.6) is 0 Å². The molecule has 0 saturated carbocycles. The van der Waals surface area contributed by atoms with E-state index in [2.05, 4.69) is 9.47 Å². The van der Waals surface area contributed by atoms with Gasteiger partial charge in [0.2, 0.25) is 0 Å². The molecule has 0 radical (unpaired) electrons. The maximum Gasteiger partial charge on any atom is 0.457 e. The van der Waals surface area contributed by atoms with Crippen molar-refractivity contribution in [3.05, 3.63) is 0 Å². The van der Waals surface area contributed by atoms with Gasteiger partial charge in [-0.05, 0) is 13.3 Å². The summed E-state index contributed by atoms with van der Waals surface area (Å²) in [7, 11) is 0.441. The van der Waals surface area contributed by atoms with E-state index in [9.17, 15) is 36.6 Å². The zero-order valence-corrected chi connectivity index (χ0v) is 10.8. The van der Waals surface area contributed by atoms with Crippen molar-refractivity contribution in [2.75, 3.05) is 7.11 Å². The van der Waals surface area contributed by atoms with E-state index in [0.29, 0.717) is 7.11 Å². The highest BCUT2D eigenvalue weighted by Gasteiger charge is 2.78. The number of carbonyl (C=O) groups is 2. The van der Waals surface area contributed by atoms with Crippen LogP contribution in [-0.2, 0) is 19.1 Å². The molecule has 5 nitrogen and oxygen atoms in total. The smallest absolute Gasteiger partial charge is 0.457 e. The third-order valence-electron chi connectivity index (χ3n) is 2.47. The summed E-state index contributed by atoms with van der Waals surface area (Å²) in [4.78, 5) is 22.5. The van der Waals surface area contributed by atoms with Gasteiger partial charge in [-0.25, -0.2) is 9.59 Å². The molecule has 0 amide bonds. The van der Waals surface area contributed by atoms with E-state index in [0.717, 1.165) is 0 Å². The van der Waals surface area contributed by atoms with Gasteiger partial charge in [0.25, 0.3) is 0 Å². The molecule has 0 rings (SSSR count). The molecule has 118 valence electrons. The molecule has 0 bridgehead atoms. The van der Waals surface area contributed by atoms with Crippen LogP contribution >= 0.6 is 0 Å². The predicted octanol–water partition coefficient (Wildman–Crippen LogP) is 1.43. The van der Waals surface area contributed by atoms with Crippen molar-refractivity contribution in [1.82, 2.24) is 0 Å². The van der Waals surface area contributed by atoms with Gasteiger partial charge in [-0.1, -0.05) is 6.92 Å². The summed E-state index contributed by atoms with van der Waals surface area (Å²) in [5.41, 5.74) is -4.80. The molecular weight excluding hydrogens is 295 g/mol. The minimum Gasteiger partial charge on any atom is -0.466 e. The maximum atomic E-state index is 13.2. The second-order valence-electron chi connectivity index (χ2n) is 3.90. The summed E-state index contributed by atoms with van der Waals surface area (Å²) in [6.45, 7) is 2.62. The molecule has 2 unspecified atom stereocenters. The zero-order valence-electron chi connectivity index (χ0n) is 10.8. The first-order valence-corrected chi connectivity index (χ1v) is 5.32. The van der Waals surface area contributed by atoms with E-state index in [1.54, 1.807) is 0 Å². The van der Waals surface area contributed by atoms with Crippen LogP contribution in [0, 0.1) is 0 Å². The van der Waals surface area contributed by atoms with E-state index in [1.807, 2.05) is 0 Å². The Morgan fingerprint density at radius 3 is 1.90 bits per heavy atom. The van der Waals surface area contributed by atoms with Crippen molar-refractivity contribution >= 4 is 11.9 Å². The molecule has 0 aromatic carbocycles. The van der Waals surface area contributed by atoms with Crippen LogP contribution in [0.25, 0.3) is 0 Å². The van der Waals surface area contributed by atoms with Crippen LogP contribution < -0.4 is 0 Å². The van der Waals surface area contributed by atoms with Crippen LogP contribution in [0.4, 0.5) is 22.0 Å². The number of esters is 2. The van der Waals surface area contributed by atoms with Crippen molar-refractivity contribution in [2.24, 2.45) is 0 Å². The van der Waals surface area contributed by atoms with E-state index in [-0.39, 0.29) is 6.42 Å². The average Bonchev–Trinajstić information content (AvgIpc) is 2.34. The Kier molecular flexibility index (Phi) is 5.47. The molecule has 1 N–H and O–H groups in total. The van der Waals surface area contributed by atoms with Crippen molar-refractivity contribution in [3.8, 4) is 0 Å². The Bertz CT molecular complexity index is 381. The zero-order chi connectivity index (χ0) is 16.4. The first-order valence-electron chi connectivity index (χ1n) is 5.32. The number of ether oxygens (including phenoxy) is 2. The number of methoxy groups -OCH3 is 1. The molecule has 0 saturated heterocycles. The Morgan fingerprint density at radius 1 is 1.15 bits per heavy atom. The van der Waals surface area contributed by atoms with Gasteiger partial charge in [0.15, 0.2) is 0 Å². The normalized spacial score (nSPS) is 17.1. The van der Waals surface area contributed by atoms with Gasteiger partial charge in [-0.3, -0.25) is 0 Å². The van der Waals surface area contributed by atoms with Crippen molar-refractivity contribution < 1.29 is 46.1 Å². The highest BCUT2D eigenvalue weighted by Crippen LogP contribution is 2.44. The minimum absolute atomic E-state index is 0.0700. The summed E-state index contributed by atoms with van der Waals surface area (Å²) in [6, 6.07) is 0. The lowest BCUT2D eigenvalue weighted by Gasteiger charge is -2.32. The number of rotatable bonds is 5. The fourth-order valence-corrected chi connectivity index (χ4v) is 1.04. The number of halogens is 5. The number of carbonyl (C=O) groups excluding carboxylic acids is 2. The minimum atomic E-state index is -6.36. The summed E-state index contributed by atoms with van der Waals surface area (Å²) in [5.74, 6) is -11.0. The number of hydrogen-bond donors (Lipinski definition) is 1. The van der Waals surface area contributed by atoms with Crippen LogP contribution in [0.2, 0.25) is 0 Å². The Morgan fingerprint density at radius 2 is 1.60 bits per heavy atom. The highest BCUT2D eigenvalue weighted by molar-refractivity contribution is 6.04. The average molecular weight is 308 g/mol. The quantitative estimate of drug-likeness (QED) is 0.472. The molecule has 10 heteroatoms.